The van der Waals surface area contributed by atoms with Crippen LogP contribution in [0.15, 0.2) is 83.8 Å². The molecular weight excluding hydrogens is 547 g/mol. The average molecular weight is 564 g/mol. The van der Waals surface area contributed by atoms with Crippen molar-refractivity contribution in [2.45, 2.75) is 11.1 Å². The second-order valence-corrected chi connectivity index (χ2v) is 9.89. The van der Waals surface area contributed by atoms with Gasteiger partial charge in [0.05, 0.1) is 21.3 Å². The van der Waals surface area contributed by atoms with Gasteiger partial charge in [0.1, 0.15) is 0 Å². The molecule has 3 amide bonds. The lowest BCUT2D eigenvalue weighted by molar-refractivity contribution is -0.141. The number of urea groups is 1. The third-order valence-corrected chi connectivity index (χ3v) is 6.86. The molecule has 14 heteroatoms. The molecule has 0 aliphatic carbocycles. The molecule has 9 nitrogen and oxygen atoms in total. The minimum atomic E-state index is -4.69. The predicted molar refractivity (Wildman–Crippen MR) is 133 cm³/mol. The minimum Gasteiger partial charge on any atom is -0.351 e. The Kier molecular flexibility index (Phi) is 7.16. The second kappa shape index (κ2) is 10.2. The summed E-state index contributed by atoms with van der Waals surface area (Å²) in [7, 11) is -4.15. The first kappa shape index (κ1) is 26.7. The number of anilines is 1. The van der Waals surface area contributed by atoms with Crippen LogP contribution >= 0.6 is 11.6 Å². The van der Waals surface area contributed by atoms with Crippen molar-refractivity contribution < 1.29 is 31.2 Å². The molecule has 4 rings (SSSR count). The predicted octanol–water partition coefficient (Wildman–Crippen LogP) is 4.82. The number of nitrogens with one attached hydrogen (secondary N) is 2. The number of hydrogen-bond acceptors (Lipinski definition) is 5. The van der Waals surface area contributed by atoms with Gasteiger partial charge in [-0.25, -0.2) is 22.6 Å². The zero-order valence-electron chi connectivity index (χ0n) is 19.0. The molecule has 0 bridgehead atoms. The van der Waals surface area contributed by atoms with E-state index in [1.807, 2.05) is 0 Å². The van der Waals surface area contributed by atoms with Crippen LogP contribution in [0.2, 0.25) is 5.02 Å². The van der Waals surface area contributed by atoms with Crippen molar-refractivity contribution in [2.24, 2.45) is 5.73 Å². The number of carbonyl (C=O) groups excluding carboxylic acids is 2. The van der Waals surface area contributed by atoms with Crippen LogP contribution in [0.4, 0.5) is 23.7 Å². The van der Waals surface area contributed by atoms with E-state index in [2.05, 4.69) is 10.4 Å². The summed E-state index contributed by atoms with van der Waals surface area (Å²) in [5.74, 6) is -0.557. The lowest BCUT2D eigenvalue weighted by atomic mass is 10.1. The number of nitrogens with two attached hydrogens (primary N) is 1. The number of hydrogen-bond donors (Lipinski definition) is 3. The van der Waals surface area contributed by atoms with Gasteiger partial charge < -0.3 is 11.1 Å². The fraction of sp³-hybridized carbons (Fsp3) is 0.0417. The minimum absolute atomic E-state index is 0.110. The van der Waals surface area contributed by atoms with Crippen LogP contribution in [0.5, 0.6) is 0 Å². The zero-order chi connectivity index (χ0) is 27.7. The maximum absolute atomic E-state index is 13.4. The summed E-state index contributed by atoms with van der Waals surface area (Å²) in [6.45, 7) is 0. The van der Waals surface area contributed by atoms with Crippen molar-refractivity contribution in [1.82, 2.24) is 14.5 Å². The highest BCUT2D eigenvalue weighted by Gasteiger charge is 2.35. The molecule has 0 aliphatic rings. The van der Waals surface area contributed by atoms with Crippen molar-refractivity contribution >= 4 is 39.2 Å². The summed E-state index contributed by atoms with van der Waals surface area (Å²) < 4.78 is 66.9. The van der Waals surface area contributed by atoms with Crippen LogP contribution in [0.3, 0.4) is 0 Å². The van der Waals surface area contributed by atoms with Crippen LogP contribution in [-0.2, 0) is 16.2 Å². The number of sulfonamides is 1. The van der Waals surface area contributed by atoms with Gasteiger partial charge in [0.25, 0.3) is 15.9 Å². The molecule has 3 aromatic carbocycles. The second-order valence-electron chi connectivity index (χ2n) is 7.80. The van der Waals surface area contributed by atoms with Gasteiger partial charge in [-0.3, -0.25) is 4.79 Å². The Labute approximate surface area is 219 Å². The molecule has 0 unspecified atom stereocenters. The summed E-state index contributed by atoms with van der Waals surface area (Å²) in [6, 6.07) is 16.7. The maximum atomic E-state index is 13.4. The number of benzene rings is 3. The summed E-state index contributed by atoms with van der Waals surface area (Å²) in [5, 5.41) is 6.47. The fourth-order valence-electron chi connectivity index (χ4n) is 3.44. The number of carbonyl (C=O) groups is 2. The molecule has 0 aliphatic heterocycles. The van der Waals surface area contributed by atoms with Crippen molar-refractivity contribution in [3.05, 3.63) is 95.1 Å². The Morgan fingerprint density at radius 2 is 1.58 bits per heavy atom. The van der Waals surface area contributed by atoms with E-state index < -0.39 is 33.8 Å². The van der Waals surface area contributed by atoms with E-state index in [0.717, 1.165) is 22.9 Å². The molecule has 4 N–H and O–H groups in total. The maximum Gasteiger partial charge on any atom is 0.435 e. The fourth-order valence-corrected chi connectivity index (χ4v) is 4.53. The lowest BCUT2D eigenvalue weighted by Gasteiger charge is -2.10. The lowest BCUT2D eigenvalue weighted by Crippen LogP contribution is -2.34. The number of halogens is 4. The standard InChI is InChI=1S/C24H17ClF3N5O4S/c25-18-3-1-2-4-19(18)33-20(13-21(31-33)24(26,27)28)14-5-7-15(8-6-14)22(34)30-16-9-11-17(12-10-16)38(36,37)32-23(29)35/h1-13H,(H,30,34)(H3,29,32,35). The molecule has 38 heavy (non-hydrogen) atoms. The number of primary amides is 1. The Hall–Kier alpha value is -4.36. The monoisotopic (exact) mass is 563 g/mol. The number of amides is 3. The molecule has 0 saturated carbocycles. The Morgan fingerprint density at radius 1 is 0.947 bits per heavy atom. The molecule has 0 fully saturated rings. The van der Waals surface area contributed by atoms with Crippen LogP contribution < -0.4 is 15.8 Å². The van der Waals surface area contributed by atoms with Crippen molar-refractivity contribution in [3.63, 3.8) is 0 Å². The number of para-hydroxylation sites is 1. The van der Waals surface area contributed by atoms with E-state index in [-0.39, 0.29) is 32.6 Å². The number of rotatable bonds is 6. The first-order chi connectivity index (χ1) is 17.8. The van der Waals surface area contributed by atoms with Gasteiger partial charge in [-0.15, -0.1) is 0 Å². The van der Waals surface area contributed by atoms with E-state index >= 15 is 0 Å². The first-order valence-electron chi connectivity index (χ1n) is 10.6. The third kappa shape index (κ3) is 5.79. The summed E-state index contributed by atoms with van der Waals surface area (Å²) in [4.78, 5) is 23.3. The molecule has 4 aromatic rings. The van der Waals surface area contributed by atoms with E-state index in [1.54, 1.807) is 16.9 Å². The van der Waals surface area contributed by atoms with Crippen molar-refractivity contribution in [1.29, 1.82) is 0 Å². The smallest absolute Gasteiger partial charge is 0.351 e. The number of nitrogens with zero attached hydrogens (tertiary/aromatic N) is 2. The molecule has 0 spiro atoms. The van der Waals surface area contributed by atoms with Crippen LogP contribution in [0.1, 0.15) is 16.1 Å². The molecule has 1 heterocycles. The summed E-state index contributed by atoms with van der Waals surface area (Å²) in [6.07, 6.45) is -4.69. The molecule has 0 atom stereocenters. The number of alkyl halides is 3. The van der Waals surface area contributed by atoms with Gasteiger partial charge in [0.15, 0.2) is 5.69 Å². The van der Waals surface area contributed by atoms with E-state index in [4.69, 9.17) is 17.3 Å². The van der Waals surface area contributed by atoms with Gasteiger partial charge >= 0.3 is 12.2 Å². The van der Waals surface area contributed by atoms with Gasteiger partial charge in [0, 0.05) is 16.8 Å². The largest absolute Gasteiger partial charge is 0.435 e. The van der Waals surface area contributed by atoms with Gasteiger partial charge in [0.2, 0.25) is 0 Å². The highest BCUT2D eigenvalue weighted by molar-refractivity contribution is 7.90. The SMILES string of the molecule is NC(=O)NS(=O)(=O)c1ccc(NC(=O)c2ccc(-c3cc(C(F)(F)F)nn3-c3ccccc3Cl)cc2)cc1. The molecule has 0 radical (unpaired) electrons. The Morgan fingerprint density at radius 3 is 2.16 bits per heavy atom. The van der Waals surface area contributed by atoms with Gasteiger partial charge in [-0.2, -0.15) is 18.3 Å². The van der Waals surface area contributed by atoms with Gasteiger partial charge in [-0.05, 0) is 54.6 Å². The quantitative estimate of drug-likeness (QED) is 0.309. The molecule has 0 saturated heterocycles. The summed E-state index contributed by atoms with van der Waals surface area (Å²) in [5.41, 5.74) is 4.88. The Bertz CT molecular complexity index is 1620. The van der Waals surface area contributed by atoms with Crippen LogP contribution in [-0.4, -0.2) is 30.1 Å². The van der Waals surface area contributed by atoms with E-state index in [0.29, 0.717) is 5.56 Å². The van der Waals surface area contributed by atoms with Crippen molar-refractivity contribution in [3.8, 4) is 16.9 Å². The molecule has 1 aromatic heterocycles. The topological polar surface area (TPSA) is 136 Å². The molecular formula is C24H17ClF3N5O4S. The molecule has 196 valence electrons. The highest BCUT2D eigenvalue weighted by Crippen LogP contribution is 2.34. The van der Waals surface area contributed by atoms with E-state index in [9.17, 15) is 31.2 Å². The summed E-state index contributed by atoms with van der Waals surface area (Å²) >= 11 is 6.19. The number of aromatic nitrogens is 2. The van der Waals surface area contributed by atoms with Crippen LogP contribution in [0, 0.1) is 0 Å². The first-order valence-corrected chi connectivity index (χ1v) is 12.5. The normalized spacial score (nSPS) is 11.7. The van der Waals surface area contributed by atoms with Crippen LogP contribution in [0.25, 0.3) is 16.9 Å². The zero-order valence-corrected chi connectivity index (χ0v) is 20.6. The van der Waals surface area contributed by atoms with E-state index in [1.165, 1.54) is 48.5 Å². The third-order valence-electron chi connectivity index (χ3n) is 5.18. The highest BCUT2D eigenvalue weighted by atomic mass is 35.5. The Balaban J connectivity index is 1.58. The van der Waals surface area contributed by atoms with Gasteiger partial charge in [-0.1, -0.05) is 35.9 Å². The van der Waals surface area contributed by atoms with Crippen molar-refractivity contribution in [2.75, 3.05) is 5.32 Å². The average Bonchev–Trinajstić information content (AvgIpc) is 3.30.